The molecule has 0 saturated heterocycles. The van der Waals surface area contributed by atoms with Crippen molar-refractivity contribution in [1.82, 2.24) is 19.5 Å². The molecule has 0 fully saturated rings. The Kier molecular flexibility index (Phi) is 4.86. The van der Waals surface area contributed by atoms with Crippen molar-refractivity contribution < 1.29 is 24.2 Å². The van der Waals surface area contributed by atoms with Gasteiger partial charge in [0.15, 0.2) is 11.5 Å². The molecule has 10 nitrogen and oxygen atoms in total. The van der Waals surface area contributed by atoms with Gasteiger partial charge in [0.25, 0.3) is 0 Å². The number of aliphatic hydroxyl groups is 1. The number of fused-ring (bicyclic) bond motifs is 1. The largest absolute Gasteiger partial charge is 0.394 e. The van der Waals surface area contributed by atoms with Gasteiger partial charge < -0.3 is 29.9 Å². The van der Waals surface area contributed by atoms with Crippen LogP contribution in [0.5, 0.6) is 0 Å². The summed E-state index contributed by atoms with van der Waals surface area (Å²) in [5, 5.41) is 9.45. The van der Waals surface area contributed by atoms with Crippen molar-refractivity contribution in [2.75, 3.05) is 25.3 Å². The predicted molar refractivity (Wildman–Crippen MR) is 73.3 cm³/mol. The maximum atomic E-state index is 10.7. The van der Waals surface area contributed by atoms with Gasteiger partial charge >= 0.3 is 7.60 Å². The van der Waals surface area contributed by atoms with E-state index in [0.717, 1.165) is 0 Å². The van der Waals surface area contributed by atoms with Crippen molar-refractivity contribution in [2.45, 2.75) is 12.5 Å². The average Bonchev–Trinajstić information content (AvgIpc) is 2.83. The smallest absolute Gasteiger partial charge is 0.350 e. The number of hydrogen-bond donors (Lipinski definition) is 4. The van der Waals surface area contributed by atoms with Gasteiger partial charge in [-0.3, -0.25) is 4.57 Å². The van der Waals surface area contributed by atoms with Crippen molar-refractivity contribution in [1.29, 1.82) is 0 Å². The summed E-state index contributed by atoms with van der Waals surface area (Å²) in [4.78, 5) is 29.4. The topological polar surface area (TPSA) is 157 Å². The minimum absolute atomic E-state index is 0.0799. The third kappa shape index (κ3) is 3.96. The normalized spacial score (nSPS) is 13.7. The highest BCUT2D eigenvalue weighted by Gasteiger charge is 2.17. The Morgan fingerprint density at radius 1 is 1.38 bits per heavy atom. The minimum Gasteiger partial charge on any atom is -0.394 e. The Balaban J connectivity index is 2.06. The molecule has 1 unspecified atom stereocenters. The number of nitrogen functional groups attached to an aromatic ring is 1. The van der Waals surface area contributed by atoms with Crippen molar-refractivity contribution in [2.24, 2.45) is 0 Å². The third-order valence-corrected chi connectivity index (χ3v) is 3.37. The molecule has 1 atom stereocenters. The van der Waals surface area contributed by atoms with Crippen LogP contribution in [-0.2, 0) is 9.30 Å². The number of imidazole rings is 1. The Morgan fingerprint density at radius 2 is 2.14 bits per heavy atom. The second kappa shape index (κ2) is 6.46. The zero-order valence-corrected chi connectivity index (χ0v) is 11.9. The van der Waals surface area contributed by atoms with Crippen LogP contribution in [0.4, 0.5) is 5.82 Å². The standard InChI is InChI=1S/C10H16N5O5P/c11-9-8-10(13-4-12-9)15(5-14-8)7(3-16)1-2-20-6-21(17,18)19/h4-5,7,16H,1-3,6H2,(H2,11,12,13)(H2,17,18,19). The zero-order chi connectivity index (χ0) is 15.5. The van der Waals surface area contributed by atoms with Crippen LogP contribution in [0.3, 0.4) is 0 Å². The Bertz CT molecular complexity index is 656. The number of rotatable bonds is 7. The van der Waals surface area contributed by atoms with Crippen molar-refractivity contribution in [3.05, 3.63) is 12.7 Å². The van der Waals surface area contributed by atoms with Gasteiger partial charge in [-0.05, 0) is 6.42 Å². The van der Waals surface area contributed by atoms with Gasteiger partial charge in [-0.2, -0.15) is 0 Å². The molecule has 116 valence electrons. The summed E-state index contributed by atoms with van der Waals surface area (Å²) in [5.74, 6) is 0.244. The second-order valence-electron chi connectivity index (χ2n) is 4.41. The SMILES string of the molecule is Nc1ncnc2c1ncn2C(CO)CCOCP(=O)(O)O. The number of hydrogen-bond acceptors (Lipinski definition) is 7. The number of nitrogens with zero attached hydrogens (tertiary/aromatic N) is 4. The van der Waals surface area contributed by atoms with Gasteiger partial charge in [-0.1, -0.05) is 0 Å². The molecule has 0 aliphatic heterocycles. The van der Waals surface area contributed by atoms with E-state index in [2.05, 4.69) is 15.0 Å². The Morgan fingerprint density at radius 3 is 2.81 bits per heavy atom. The molecule has 0 aromatic carbocycles. The molecular formula is C10H16N5O5P. The van der Waals surface area contributed by atoms with Crippen LogP contribution in [0.25, 0.3) is 11.2 Å². The molecule has 21 heavy (non-hydrogen) atoms. The average molecular weight is 317 g/mol. The quantitative estimate of drug-likeness (QED) is 0.389. The van der Waals surface area contributed by atoms with E-state index in [1.165, 1.54) is 12.7 Å². The van der Waals surface area contributed by atoms with E-state index < -0.39 is 13.9 Å². The molecule has 5 N–H and O–H groups in total. The number of aromatic nitrogens is 4. The monoisotopic (exact) mass is 317 g/mol. The van der Waals surface area contributed by atoms with E-state index in [4.69, 9.17) is 20.3 Å². The van der Waals surface area contributed by atoms with Crippen molar-refractivity contribution in [3.8, 4) is 0 Å². The molecule has 0 radical (unpaired) electrons. The van der Waals surface area contributed by atoms with E-state index in [1.54, 1.807) is 4.57 Å². The first-order chi connectivity index (χ1) is 9.92. The minimum atomic E-state index is -4.18. The second-order valence-corrected chi connectivity index (χ2v) is 6.00. The highest BCUT2D eigenvalue weighted by Crippen LogP contribution is 2.34. The number of nitrogens with two attached hydrogens (primary N) is 1. The summed E-state index contributed by atoms with van der Waals surface area (Å²) < 4.78 is 17.2. The number of aliphatic hydroxyl groups excluding tert-OH is 1. The molecule has 11 heteroatoms. The van der Waals surface area contributed by atoms with Gasteiger partial charge in [-0.15, -0.1) is 0 Å². The zero-order valence-electron chi connectivity index (χ0n) is 11.0. The summed E-state index contributed by atoms with van der Waals surface area (Å²) >= 11 is 0. The first-order valence-electron chi connectivity index (χ1n) is 6.08. The third-order valence-electron chi connectivity index (χ3n) is 2.85. The highest BCUT2D eigenvalue weighted by molar-refractivity contribution is 7.51. The van der Waals surface area contributed by atoms with Crippen LogP contribution in [0.1, 0.15) is 12.5 Å². The lowest BCUT2D eigenvalue weighted by atomic mass is 10.2. The molecule has 0 bridgehead atoms. The molecule has 0 spiro atoms. The molecular weight excluding hydrogens is 301 g/mol. The summed E-state index contributed by atoms with van der Waals surface area (Å²) in [7, 11) is -4.18. The summed E-state index contributed by atoms with van der Waals surface area (Å²) in [6, 6.07) is -0.388. The molecule has 0 aliphatic rings. The molecule has 2 rings (SSSR count). The summed E-state index contributed by atoms with van der Waals surface area (Å²) in [6.45, 7) is -0.120. The predicted octanol–water partition coefficient (Wildman–Crippen LogP) is -0.516. The van der Waals surface area contributed by atoms with Crippen LogP contribution in [-0.4, -0.2) is 54.0 Å². The van der Waals surface area contributed by atoms with E-state index in [9.17, 15) is 9.67 Å². The molecule has 2 aromatic heterocycles. The van der Waals surface area contributed by atoms with E-state index >= 15 is 0 Å². The molecule has 2 aromatic rings. The fraction of sp³-hybridized carbons (Fsp3) is 0.500. The number of anilines is 1. The lowest BCUT2D eigenvalue weighted by Crippen LogP contribution is -2.15. The first-order valence-corrected chi connectivity index (χ1v) is 7.88. The highest BCUT2D eigenvalue weighted by atomic mass is 31.2. The molecule has 2 heterocycles. The maximum Gasteiger partial charge on any atom is 0.350 e. The Hall–Kier alpha value is -1.58. The van der Waals surface area contributed by atoms with Crippen LogP contribution in [0.15, 0.2) is 12.7 Å². The number of ether oxygens (including phenoxy) is 1. The van der Waals surface area contributed by atoms with Crippen LogP contribution in [0.2, 0.25) is 0 Å². The van der Waals surface area contributed by atoms with Gasteiger partial charge in [0, 0.05) is 6.61 Å². The van der Waals surface area contributed by atoms with Crippen molar-refractivity contribution in [3.63, 3.8) is 0 Å². The Labute approximate surface area is 119 Å². The van der Waals surface area contributed by atoms with Crippen molar-refractivity contribution >= 4 is 24.6 Å². The molecule has 0 aliphatic carbocycles. The maximum absolute atomic E-state index is 10.7. The fourth-order valence-corrected chi connectivity index (χ4v) is 2.23. The van der Waals surface area contributed by atoms with Gasteiger partial charge in [0.05, 0.1) is 19.0 Å². The summed E-state index contributed by atoms with van der Waals surface area (Å²) in [5.41, 5.74) is 6.60. The van der Waals surface area contributed by atoms with Crippen LogP contribution < -0.4 is 5.73 Å². The molecule has 0 saturated carbocycles. The van der Waals surface area contributed by atoms with E-state index in [-0.39, 0.29) is 25.1 Å². The van der Waals surface area contributed by atoms with Gasteiger partial charge in [-0.25, -0.2) is 15.0 Å². The summed E-state index contributed by atoms with van der Waals surface area (Å²) in [6.07, 6.45) is 2.48. The molecule has 0 amide bonds. The van der Waals surface area contributed by atoms with E-state index in [0.29, 0.717) is 17.6 Å². The van der Waals surface area contributed by atoms with E-state index in [1.807, 2.05) is 0 Å². The lowest BCUT2D eigenvalue weighted by Gasteiger charge is -2.16. The lowest BCUT2D eigenvalue weighted by molar-refractivity contribution is 0.127. The first kappa shape index (κ1) is 15.8. The fourth-order valence-electron chi connectivity index (χ4n) is 1.86. The van der Waals surface area contributed by atoms with Gasteiger partial charge in [0.2, 0.25) is 0 Å². The van der Waals surface area contributed by atoms with Crippen LogP contribution in [0, 0.1) is 0 Å². The van der Waals surface area contributed by atoms with Crippen LogP contribution >= 0.6 is 7.60 Å². The van der Waals surface area contributed by atoms with Gasteiger partial charge in [0.1, 0.15) is 18.2 Å².